The fourth-order valence-electron chi connectivity index (χ4n) is 3.26. The summed E-state index contributed by atoms with van der Waals surface area (Å²) in [5.74, 6) is 0.288. The van der Waals surface area contributed by atoms with Crippen LogP contribution in [0.1, 0.15) is 33.4 Å². The van der Waals surface area contributed by atoms with Crippen molar-refractivity contribution in [2.45, 2.75) is 18.9 Å². The van der Waals surface area contributed by atoms with E-state index in [4.69, 9.17) is 4.42 Å². The Hall–Kier alpha value is -3.22. The first-order chi connectivity index (χ1) is 12.9. The summed E-state index contributed by atoms with van der Waals surface area (Å²) < 4.78 is 45.4. The summed E-state index contributed by atoms with van der Waals surface area (Å²) in [5.41, 5.74) is 0.237. The van der Waals surface area contributed by atoms with Crippen LogP contribution in [0.4, 0.5) is 18.9 Å². The number of hydrogen-bond acceptors (Lipinski definition) is 3. The molecule has 3 aromatic rings. The van der Waals surface area contributed by atoms with Gasteiger partial charge >= 0.3 is 6.18 Å². The predicted octanol–water partition coefficient (Wildman–Crippen LogP) is 5.07. The molecule has 0 saturated carbocycles. The number of amides is 1. The Bertz CT molecular complexity index is 967. The van der Waals surface area contributed by atoms with Crippen molar-refractivity contribution < 1.29 is 22.4 Å². The minimum absolute atomic E-state index is 0.0797. The lowest BCUT2D eigenvalue weighted by molar-refractivity contribution is -0.137. The zero-order valence-corrected chi connectivity index (χ0v) is 14.0. The van der Waals surface area contributed by atoms with Crippen LogP contribution in [-0.2, 0) is 12.7 Å². The molecule has 4 nitrogen and oxygen atoms in total. The summed E-state index contributed by atoms with van der Waals surface area (Å²) in [5, 5.41) is 2.91. The largest absolute Gasteiger partial charge is 0.467 e. The molecule has 27 heavy (non-hydrogen) atoms. The zero-order valence-electron chi connectivity index (χ0n) is 14.0. The topological polar surface area (TPSA) is 45.5 Å². The minimum atomic E-state index is -4.50. The van der Waals surface area contributed by atoms with E-state index in [0.717, 1.165) is 6.07 Å². The normalized spacial score (nSPS) is 16.5. The molecular formula is C20H15F3N2O2. The lowest BCUT2D eigenvalue weighted by Gasteiger charge is -2.27. The van der Waals surface area contributed by atoms with E-state index in [1.54, 1.807) is 36.4 Å². The van der Waals surface area contributed by atoms with Crippen LogP contribution >= 0.6 is 0 Å². The number of para-hydroxylation sites is 1. The van der Waals surface area contributed by atoms with Gasteiger partial charge in [0.1, 0.15) is 11.9 Å². The van der Waals surface area contributed by atoms with Crippen molar-refractivity contribution in [2.24, 2.45) is 0 Å². The molecule has 0 spiro atoms. The Morgan fingerprint density at radius 1 is 1.00 bits per heavy atom. The first-order valence-corrected chi connectivity index (χ1v) is 8.30. The summed E-state index contributed by atoms with van der Waals surface area (Å²) >= 11 is 0. The van der Waals surface area contributed by atoms with Crippen LogP contribution in [0, 0.1) is 0 Å². The molecule has 1 aromatic heterocycles. The van der Waals surface area contributed by atoms with Crippen molar-refractivity contribution in [3.63, 3.8) is 0 Å². The standard InChI is InChI=1S/C20H15F3N2O2/c21-20(22,23)16-9-3-4-10-17(16)24-18-14-7-1-2-8-15(14)19(26)25(18)12-13-6-5-11-27-13/h1-11,18,24H,12H2. The molecule has 1 N–H and O–H groups in total. The number of alkyl halides is 3. The van der Waals surface area contributed by atoms with E-state index >= 15 is 0 Å². The van der Waals surface area contributed by atoms with E-state index in [0.29, 0.717) is 16.9 Å². The summed E-state index contributed by atoms with van der Waals surface area (Å²) in [6, 6.07) is 15.6. The van der Waals surface area contributed by atoms with Gasteiger partial charge in [-0.1, -0.05) is 30.3 Å². The molecule has 1 unspecified atom stereocenters. The number of benzene rings is 2. The zero-order chi connectivity index (χ0) is 19.0. The highest BCUT2D eigenvalue weighted by Gasteiger charge is 2.39. The predicted molar refractivity (Wildman–Crippen MR) is 92.8 cm³/mol. The van der Waals surface area contributed by atoms with E-state index in [9.17, 15) is 18.0 Å². The van der Waals surface area contributed by atoms with Crippen molar-refractivity contribution in [3.05, 3.63) is 89.4 Å². The molecule has 1 atom stereocenters. The highest BCUT2D eigenvalue weighted by atomic mass is 19.4. The lowest BCUT2D eigenvalue weighted by Crippen LogP contribution is -2.32. The van der Waals surface area contributed by atoms with Gasteiger partial charge in [-0.05, 0) is 30.3 Å². The Morgan fingerprint density at radius 3 is 2.48 bits per heavy atom. The van der Waals surface area contributed by atoms with Gasteiger partial charge in [-0.2, -0.15) is 13.2 Å². The minimum Gasteiger partial charge on any atom is -0.467 e. The fourth-order valence-corrected chi connectivity index (χ4v) is 3.26. The summed E-state index contributed by atoms with van der Waals surface area (Å²) in [7, 11) is 0. The van der Waals surface area contributed by atoms with E-state index in [1.165, 1.54) is 29.4 Å². The second-order valence-electron chi connectivity index (χ2n) is 6.19. The third kappa shape index (κ3) is 3.16. The Balaban J connectivity index is 1.73. The van der Waals surface area contributed by atoms with E-state index in [2.05, 4.69) is 5.32 Å². The van der Waals surface area contributed by atoms with E-state index in [1.807, 2.05) is 0 Å². The van der Waals surface area contributed by atoms with Gasteiger partial charge in [-0.25, -0.2) is 0 Å². The molecule has 138 valence electrons. The van der Waals surface area contributed by atoms with Gasteiger partial charge < -0.3 is 14.6 Å². The second kappa shape index (κ2) is 6.50. The van der Waals surface area contributed by atoms with Gasteiger partial charge in [0, 0.05) is 16.8 Å². The van der Waals surface area contributed by atoms with Crippen LogP contribution in [0.2, 0.25) is 0 Å². The van der Waals surface area contributed by atoms with Gasteiger partial charge in [0.05, 0.1) is 18.4 Å². The second-order valence-corrected chi connectivity index (χ2v) is 6.19. The maximum atomic E-state index is 13.4. The third-order valence-corrected chi connectivity index (χ3v) is 4.49. The highest BCUT2D eigenvalue weighted by Crippen LogP contribution is 2.40. The number of carbonyl (C=O) groups excluding carboxylic acids is 1. The number of furan rings is 1. The van der Waals surface area contributed by atoms with Gasteiger partial charge in [0.25, 0.3) is 5.91 Å². The number of fused-ring (bicyclic) bond motifs is 1. The van der Waals surface area contributed by atoms with Crippen LogP contribution in [0.5, 0.6) is 0 Å². The fraction of sp³-hybridized carbons (Fsp3) is 0.150. The van der Waals surface area contributed by atoms with Crippen molar-refractivity contribution in [3.8, 4) is 0 Å². The SMILES string of the molecule is O=C1c2ccccc2C(Nc2ccccc2C(F)(F)F)N1Cc1ccco1. The van der Waals surface area contributed by atoms with Crippen molar-refractivity contribution in [2.75, 3.05) is 5.32 Å². The summed E-state index contributed by atoms with van der Waals surface area (Å²) in [6.07, 6.45) is -3.75. The number of hydrogen-bond donors (Lipinski definition) is 1. The average molecular weight is 372 g/mol. The molecule has 1 amide bonds. The average Bonchev–Trinajstić information content (AvgIpc) is 3.24. The lowest BCUT2D eigenvalue weighted by atomic mass is 10.1. The highest BCUT2D eigenvalue weighted by molar-refractivity contribution is 5.99. The van der Waals surface area contributed by atoms with Gasteiger partial charge in [0.15, 0.2) is 0 Å². The molecule has 1 aliphatic rings. The Labute approximate surface area is 153 Å². The Morgan fingerprint density at radius 2 is 1.74 bits per heavy atom. The summed E-state index contributed by atoms with van der Waals surface area (Å²) in [4.78, 5) is 14.3. The van der Waals surface area contributed by atoms with Gasteiger partial charge in [0.2, 0.25) is 0 Å². The van der Waals surface area contributed by atoms with Crippen molar-refractivity contribution in [1.29, 1.82) is 0 Å². The van der Waals surface area contributed by atoms with Crippen LogP contribution < -0.4 is 5.32 Å². The quantitative estimate of drug-likeness (QED) is 0.696. The maximum Gasteiger partial charge on any atom is 0.418 e. The molecule has 0 aliphatic carbocycles. The molecule has 2 heterocycles. The number of rotatable bonds is 4. The summed E-state index contributed by atoms with van der Waals surface area (Å²) in [6.45, 7) is 0.145. The molecule has 0 radical (unpaired) electrons. The smallest absolute Gasteiger partial charge is 0.418 e. The molecular weight excluding hydrogens is 357 g/mol. The van der Waals surface area contributed by atoms with Crippen LogP contribution in [0.3, 0.4) is 0 Å². The monoisotopic (exact) mass is 372 g/mol. The number of anilines is 1. The first-order valence-electron chi connectivity index (χ1n) is 8.30. The van der Waals surface area contributed by atoms with Crippen LogP contribution in [0.15, 0.2) is 71.3 Å². The van der Waals surface area contributed by atoms with E-state index < -0.39 is 17.9 Å². The molecule has 0 fully saturated rings. The number of nitrogens with one attached hydrogen (secondary N) is 1. The van der Waals surface area contributed by atoms with Crippen molar-refractivity contribution >= 4 is 11.6 Å². The first kappa shape index (κ1) is 17.2. The molecule has 7 heteroatoms. The van der Waals surface area contributed by atoms with Crippen molar-refractivity contribution in [1.82, 2.24) is 4.90 Å². The molecule has 4 rings (SSSR count). The molecule has 0 saturated heterocycles. The van der Waals surface area contributed by atoms with E-state index in [-0.39, 0.29) is 18.1 Å². The molecule has 1 aliphatic heterocycles. The molecule has 2 aromatic carbocycles. The maximum absolute atomic E-state index is 13.4. The molecule has 0 bridgehead atoms. The van der Waals surface area contributed by atoms with Crippen LogP contribution in [-0.4, -0.2) is 10.8 Å². The van der Waals surface area contributed by atoms with Gasteiger partial charge in [-0.15, -0.1) is 0 Å². The third-order valence-electron chi connectivity index (χ3n) is 4.49. The van der Waals surface area contributed by atoms with Crippen LogP contribution in [0.25, 0.3) is 0 Å². The number of halogens is 3. The number of nitrogens with zero attached hydrogens (tertiary/aromatic N) is 1. The number of carbonyl (C=O) groups is 1. The Kier molecular flexibility index (Phi) is 4.14. The van der Waals surface area contributed by atoms with Gasteiger partial charge in [-0.3, -0.25) is 4.79 Å².